The molecule has 7 heteroatoms. The predicted molar refractivity (Wildman–Crippen MR) is 108 cm³/mol. The molecule has 0 fully saturated rings. The van der Waals surface area contributed by atoms with Crippen molar-refractivity contribution in [3.05, 3.63) is 94.0 Å². The Hall–Kier alpha value is -3.87. The molecule has 3 aromatic rings. The van der Waals surface area contributed by atoms with E-state index >= 15 is 0 Å². The summed E-state index contributed by atoms with van der Waals surface area (Å²) < 4.78 is 10.4. The summed E-state index contributed by atoms with van der Waals surface area (Å²) in [6.45, 7) is 0. The van der Waals surface area contributed by atoms with E-state index in [9.17, 15) is 10.1 Å². The molecule has 0 aliphatic rings. The average molecular weight is 377 g/mol. The number of benzene rings is 3. The summed E-state index contributed by atoms with van der Waals surface area (Å²) in [5.74, 6) is 1.50. The highest BCUT2D eigenvalue weighted by molar-refractivity contribution is 6.13. The molecule has 0 aliphatic heterocycles. The lowest BCUT2D eigenvalue weighted by Gasteiger charge is -2.10. The van der Waals surface area contributed by atoms with E-state index < -0.39 is 4.92 Å². The molecule has 0 unspecified atom stereocenters. The van der Waals surface area contributed by atoms with E-state index in [2.05, 4.69) is 10.5 Å². The van der Waals surface area contributed by atoms with Crippen molar-refractivity contribution in [2.24, 2.45) is 5.10 Å². The van der Waals surface area contributed by atoms with Gasteiger partial charge < -0.3 is 9.47 Å². The van der Waals surface area contributed by atoms with Gasteiger partial charge in [-0.1, -0.05) is 0 Å². The maximum atomic E-state index is 10.8. The molecular formula is C21H19N3O4. The number of non-ortho nitro benzene ring substituents is 1. The second-order valence-corrected chi connectivity index (χ2v) is 5.83. The fourth-order valence-electron chi connectivity index (χ4n) is 2.57. The summed E-state index contributed by atoms with van der Waals surface area (Å²) in [6.07, 6.45) is 0. The summed E-state index contributed by atoms with van der Waals surface area (Å²) in [5.41, 5.74) is 6.13. The second kappa shape index (κ2) is 8.68. The Morgan fingerprint density at radius 1 is 0.821 bits per heavy atom. The molecule has 3 rings (SSSR count). The summed E-state index contributed by atoms with van der Waals surface area (Å²) in [4.78, 5) is 10.4. The van der Waals surface area contributed by atoms with E-state index in [1.54, 1.807) is 26.4 Å². The number of methoxy groups -OCH3 is 2. The van der Waals surface area contributed by atoms with Crippen LogP contribution >= 0.6 is 0 Å². The maximum Gasteiger partial charge on any atom is 0.269 e. The molecule has 0 spiro atoms. The number of nitrogens with one attached hydrogen (secondary N) is 1. The fraction of sp³-hybridized carbons (Fsp3) is 0.0952. The average Bonchev–Trinajstić information content (AvgIpc) is 2.75. The van der Waals surface area contributed by atoms with Crippen LogP contribution in [0.3, 0.4) is 0 Å². The highest BCUT2D eigenvalue weighted by Crippen LogP contribution is 2.20. The van der Waals surface area contributed by atoms with Gasteiger partial charge in [0.25, 0.3) is 5.69 Å². The molecule has 142 valence electrons. The van der Waals surface area contributed by atoms with Crippen LogP contribution in [0, 0.1) is 10.1 Å². The molecule has 0 saturated heterocycles. The van der Waals surface area contributed by atoms with Crippen LogP contribution in [-0.2, 0) is 0 Å². The zero-order valence-corrected chi connectivity index (χ0v) is 15.5. The molecular weight excluding hydrogens is 358 g/mol. The molecule has 0 bridgehead atoms. The van der Waals surface area contributed by atoms with Crippen molar-refractivity contribution in [2.75, 3.05) is 19.6 Å². The summed E-state index contributed by atoms with van der Waals surface area (Å²) >= 11 is 0. The van der Waals surface area contributed by atoms with Gasteiger partial charge in [0.1, 0.15) is 11.5 Å². The number of nitro groups is 1. The first-order valence-corrected chi connectivity index (χ1v) is 8.47. The Morgan fingerprint density at radius 2 is 1.29 bits per heavy atom. The zero-order valence-electron chi connectivity index (χ0n) is 15.5. The first-order valence-electron chi connectivity index (χ1n) is 8.47. The first kappa shape index (κ1) is 18.9. The van der Waals surface area contributed by atoms with Crippen molar-refractivity contribution in [3.8, 4) is 11.5 Å². The topological polar surface area (TPSA) is 86.0 Å². The van der Waals surface area contributed by atoms with Crippen molar-refractivity contribution in [1.29, 1.82) is 0 Å². The summed E-state index contributed by atoms with van der Waals surface area (Å²) in [6, 6.07) is 21.2. The highest BCUT2D eigenvalue weighted by atomic mass is 16.6. The zero-order chi connectivity index (χ0) is 19.9. The number of nitro benzene ring substituents is 1. The van der Waals surface area contributed by atoms with Crippen LogP contribution in [0.25, 0.3) is 0 Å². The third-order valence-corrected chi connectivity index (χ3v) is 4.10. The van der Waals surface area contributed by atoms with Crippen LogP contribution in [0.1, 0.15) is 11.1 Å². The molecule has 0 heterocycles. The van der Waals surface area contributed by atoms with Crippen molar-refractivity contribution < 1.29 is 14.4 Å². The van der Waals surface area contributed by atoms with Crippen LogP contribution in [0.5, 0.6) is 11.5 Å². The number of hydrazone groups is 1. The van der Waals surface area contributed by atoms with Crippen LogP contribution in [0.2, 0.25) is 0 Å². The molecule has 0 aromatic heterocycles. The van der Waals surface area contributed by atoms with Gasteiger partial charge in [-0.3, -0.25) is 15.5 Å². The molecule has 1 N–H and O–H groups in total. The van der Waals surface area contributed by atoms with E-state index in [0.29, 0.717) is 11.4 Å². The predicted octanol–water partition coefficient (Wildman–Crippen LogP) is 4.48. The van der Waals surface area contributed by atoms with E-state index in [4.69, 9.17) is 9.47 Å². The van der Waals surface area contributed by atoms with Crippen molar-refractivity contribution >= 4 is 17.1 Å². The normalized spacial score (nSPS) is 10.1. The number of hydrogen-bond acceptors (Lipinski definition) is 6. The smallest absolute Gasteiger partial charge is 0.269 e. The maximum absolute atomic E-state index is 10.8. The Balaban J connectivity index is 1.93. The largest absolute Gasteiger partial charge is 0.497 e. The monoisotopic (exact) mass is 377 g/mol. The quantitative estimate of drug-likeness (QED) is 0.373. The van der Waals surface area contributed by atoms with Crippen molar-refractivity contribution in [3.63, 3.8) is 0 Å². The molecule has 0 saturated carbocycles. The van der Waals surface area contributed by atoms with Crippen LogP contribution in [-0.4, -0.2) is 24.9 Å². The molecule has 28 heavy (non-hydrogen) atoms. The van der Waals surface area contributed by atoms with Crippen molar-refractivity contribution in [2.45, 2.75) is 0 Å². The minimum atomic E-state index is -0.437. The number of hydrogen-bond donors (Lipinski definition) is 1. The van der Waals surface area contributed by atoms with Gasteiger partial charge in [-0.2, -0.15) is 5.10 Å². The van der Waals surface area contributed by atoms with Gasteiger partial charge in [0.15, 0.2) is 0 Å². The SMILES string of the molecule is COc1ccc(C(=NNc2ccc([N+](=O)[O-])cc2)c2ccc(OC)cc2)cc1. The van der Waals surface area contributed by atoms with Gasteiger partial charge in [-0.05, 0) is 60.7 Å². The molecule has 3 aromatic carbocycles. The van der Waals surface area contributed by atoms with Crippen LogP contribution < -0.4 is 14.9 Å². The van der Waals surface area contributed by atoms with Gasteiger partial charge in [0.2, 0.25) is 0 Å². The minimum Gasteiger partial charge on any atom is -0.497 e. The van der Waals surface area contributed by atoms with Gasteiger partial charge in [-0.15, -0.1) is 0 Å². The van der Waals surface area contributed by atoms with E-state index in [1.165, 1.54) is 12.1 Å². The number of rotatable bonds is 7. The van der Waals surface area contributed by atoms with Crippen molar-refractivity contribution in [1.82, 2.24) is 0 Å². The molecule has 0 radical (unpaired) electrons. The fourth-order valence-corrected chi connectivity index (χ4v) is 2.57. The van der Waals surface area contributed by atoms with E-state index in [-0.39, 0.29) is 5.69 Å². The number of ether oxygens (including phenoxy) is 2. The Labute approximate surface area is 162 Å². The van der Waals surface area contributed by atoms with Gasteiger partial charge in [-0.25, -0.2) is 0 Å². The lowest BCUT2D eigenvalue weighted by atomic mass is 10.0. The lowest BCUT2D eigenvalue weighted by Crippen LogP contribution is -2.07. The number of nitrogens with zero attached hydrogens (tertiary/aromatic N) is 2. The van der Waals surface area contributed by atoms with Gasteiger partial charge in [0.05, 0.1) is 30.5 Å². The lowest BCUT2D eigenvalue weighted by molar-refractivity contribution is -0.384. The standard InChI is InChI=1S/C21H19N3O4/c1-27-19-11-3-15(4-12-19)21(16-5-13-20(28-2)14-6-16)23-22-17-7-9-18(10-8-17)24(25)26/h3-14,22H,1-2H3. The summed E-state index contributed by atoms with van der Waals surface area (Å²) in [7, 11) is 3.23. The minimum absolute atomic E-state index is 0.0278. The Bertz CT molecular complexity index is 917. The van der Waals surface area contributed by atoms with Gasteiger partial charge in [0, 0.05) is 23.3 Å². The molecule has 7 nitrogen and oxygen atoms in total. The summed E-state index contributed by atoms with van der Waals surface area (Å²) in [5, 5.41) is 15.3. The molecule has 0 aliphatic carbocycles. The molecule has 0 amide bonds. The van der Waals surface area contributed by atoms with Crippen LogP contribution in [0.4, 0.5) is 11.4 Å². The van der Waals surface area contributed by atoms with Gasteiger partial charge >= 0.3 is 0 Å². The van der Waals surface area contributed by atoms with E-state index in [0.717, 1.165) is 22.6 Å². The van der Waals surface area contributed by atoms with Crippen LogP contribution in [0.15, 0.2) is 77.9 Å². The Kier molecular flexibility index (Phi) is 5.86. The number of anilines is 1. The van der Waals surface area contributed by atoms with E-state index in [1.807, 2.05) is 48.5 Å². The highest BCUT2D eigenvalue weighted by Gasteiger charge is 2.09. The Morgan fingerprint density at radius 3 is 1.68 bits per heavy atom. The third kappa shape index (κ3) is 4.45. The second-order valence-electron chi connectivity index (χ2n) is 5.83. The third-order valence-electron chi connectivity index (χ3n) is 4.10. The molecule has 0 atom stereocenters. The first-order chi connectivity index (χ1) is 13.6.